The molecular weight excluding hydrogens is 438 g/mol. The minimum atomic E-state index is -0.832. The van der Waals surface area contributed by atoms with Crippen LogP contribution in [-0.2, 0) is 15.9 Å². The van der Waals surface area contributed by atoms with Crippen LogP contribution in [0.15, 0.2) is 18.2 Å². The number of rotatable bonds is 18. The number of ether oxygens (including phenoxy) is 4. The minimum Gasteiger partial charge on any atom is -0.493 e. The van der Waals surface area contributed by atoms with E-state index in [9.17, 15) is 9.90 Å². The molecule has 3 atom stereocenters. The lowest BCUT2D eigenvalue weighted by Gasteiger charge is -2.27. The van der Waals surface area contributed by atoms with Crippen molar-refractivity contribution in [1.29, 1.82) is 0 Å². The highest BCUT2D eigenvalue weighted by atomic mass is 16.5. The largest absolute Gasteiger partial charge is 0.493 e. The highest BCUT2D eigenvalue weighted by molar-refractivity contribution is 5.73. The molecule has 0 saturated heterocycles. The molecule has 1 aromatic rings. The lowest BCUT2D eigenvalue weighted by Crippen LogP contribution is -2.47. The van der Waals surface area contributed by atoms with Crippen LogP contribution in [0.5, 0.6) is 11.5 Å². The number of methoxy groups -OCH3 is 3. The van der Waals surface area contributed by atoms with Gasteiger partial charge in [-0.25, -0.2) is 4.79 Å². The average Bonchev–Trinajstić information content (AvgIpc) is 2.82. The molecule has 0 aliphatic rings. The van der Waals surface area contributed by atoms with Gasteiger partial charge in [-0.3, -0.25) is 0 Å². The maximum atomic E-state index is 11.9. The summed E-state index contributed by atoms with van der Waals surface area (Å²) in [5.74, 6) is 2.02. The Morgan fingerprint density at radius 2 is 1.74 bits per heavy atom. The van der Waals surface area contributed by atoms with Gasteiger partial charge < -0.3 is 40.4 Å². The number of urea groups is 1. The lowest BCUT2D eigenvalue weighted by molar-refractivity contribution is 0.125. The molecule has 196 valence electrons. The molecule has 0 aromatic heterocycles. The third-order valence-electron chi connectivity index (χ3n) is 5.77. The summed E-state index contributed by atoms with van der Waals surface area (Å²) in [4.78, 5) is 11.9. The molecule has 2 amide bonds. The second kappa shape index (κ2) is 17.4. The topological polar surface area (TPSA) is 124 Å². The van der Waals surface area contributed by atoms with Gasteiger partial charge in [0.15, 0.2) is 11.5 Å². The summed E-state index contributed by atoms with van der Waals surface area (Å²) in [5.41, 5.74) is 7.43. The van der Waals surface area contributed by atoms with Crippen LogP contribution in [0.25, 0.3) is 0 Å². The number of aliphatic hydroxyl groups is 1. The third-order valence-corrected chi connectivity index (χ3v) is 5.77. The van der Waals surface area contributed by atoms with Crippen LogP contribution in [0.2, 0.25) is 0 Å². The third kappa shape index (κ3) is 11.9. The number of aliphatic hydroxyl groups excluding tert-OH is 1. The summed E-state index contributed by atoms with van der Waals surface area (Å²) >= 11 is 0. The zero-order valence-corrected chi connectivity index (χ0v) is 21.5. The molecule has 0 spiro atoms. The molecule has 9 heteroatoms. The van der Waals surface area contributed by atoms with Gasteiger partial charge in [-0.05, 0) is 48.8 Å². The molecule has 5 N–H and O–H groups in total. The molecule has 0 aliphatic carbocycles. The SMILES string of the molecule is COCCCNC(=O)NC[C@H](O)[C@@H](N)C[C@H](Cc1ccc(OC)c(OCCCOC)c1)C(C)C. The second-order valence-corrected chi connectivity index (χ2v) is 8.84. The van der Waals surface area contributed by atoms with E-state index in [1.54, 1.807) is 21.3 Å². The van der Waals surface area contributed by atoms with Crippen LogP contribution in [0.1, 0.15) is 38.7 Å². The van der Waals surface area contributed by atoms with Crippen molar-refractivity contribution >= 4 is 6.03 Å². The highest BCUT2D eigenvalue weighted by Gasteiger charge is 2.23. The molecular formula is C25H45N3O6. The van der Waals surface area contributed by atoms with E-state index in [4.69, 9.17) is 24.7 Å². The Hall–Kier alpha value is -2.07. The van der Waals surface area contributed by atoms with E-state index in [1.165, 1.54) is 0 Å². The number of benzene rings is 1. The van der Waals surface area contributed by atoms with Gasteiger partial charge in [0.05, 0.1) is 19.8 Å². The van der Waals surface area contributed by atoms with E-state index in [0.29, 0.717) is 50.2 Å². The van der Waals surface area contributed by atoms with Crippen molar-refractivity contribution in [3.63, 3.8) is 0 Å². The zero-order valence-electron chi connectivity index (χ0n) is 21.5. The fourth-order valence-corrected chi connectivity index (χ4v) is 3.58. The monoisotopic (exact) mass is 483 g/mol. The molecule has 1 rings (SSSR count). The highest BCUT2D eigenvalue weighted by Crippen LogP contribution is 2.31. The van der Waals surface area contributed by atoms with Crippen LogP contribution in [0.4, 0.5) is 4.79 Å². The Morgan fingerprint density at radius 1 is 1.03 bits per heavy atom. The number of nitrogens with two attached hydrogens (primary N) is 1. The predicted octanol–water partition coefficient (Wildman–Crippen LogP) is 2.34. The number of hydrogen-bond acceptors (Lipinski definition) is 7. The van der Waals surface area contributed by atoms with Gasteiger partial charge in [0.25, 0.3) is 0 Å². The first-order chi connectivity index (χ1) is 16.3. The van der Waals surface area contributed by atoms with Crippen molar-refractivity contribution < 1.29 is 28.8 Å². The lowest BCUT2D eigenvalue weighted by atomic mass is 9.83. The summed E-state index contributed by atoms with van der Waals surface area (Å²) in [6.45, 7) is 6.69. The Morgan fingerprint density at radius 3 is 2.38 bits per heavy atom. The van der Waals surface area contributed by atoms with Crippen molar-refractivity contribution in [3.05, 3.63) is 23.8 Å². The van der Waals surface area contributed by atoms with Crippen molar-refractivity contribution in [2.24, 2.45) is 17.6 Å². The fourth-order valence-electron chi connectivity index (χ4n) is 3.58. The fraction of sp³-hybridized carbons (Fsp3) is 0.720. The normalized spacial score (nSPS) is 13.9. The molecule has 0 saturated carbocycles. The van der Waals surface area contributed by atoms with Crippen LogP contribution < -0.4 is 25.8 Å². The van der Waals surface area contributed by atoms with Crippen LogP contribution >= 0.6 is 0 Å². The Balaban J connectivity index is 2.63. The smallest absolute Gasteiger partial charge is 0.314 e. The van der Waals surface area contributed by atoms with E-state index in [-0.39, 0.29) is 18.5 Å². The van der Waals surface area contributed by atoms with Crippen molar-refractivity contribution in [2.45, 2.75) is 51.7 Å². The van der Waals surface area contributed by atoms with Crippen LogP contribution in [0.3, 0.4) is 0 Å². The molecule has 34 heavy (non-hydrogen) atoms. The number of carbonyl (C=O) groups is 1. The van der Waals surface area contributed by atoms with Gasteiger partial charge in [-0.2, -0.15) is 0 Å². The average molecular weight is 484 g/mol. The van der Waals surface area contributed by atoms with Gasteiger partial charge in [-0.1, -0.05) is 19.9 Å². The zero-order chi connectivity index (χ0) is 25.3. The van der Waals surface area contributed by atoms with Gasteiger partial charge in [-0.15, -0.1) is 0 Å². The summed E-state index contributed by atoms with van der Waals surface area (Å²) in [6.07, 6.45) is 2.12. The van der Waals surface area contributed by atoms with Gasteiger partial charge in [0, 0.05) is 53.0 Å². The molecule has 0 aliphatic heterocycles. The summed E-state index contributed by atoms with van der Waals surface area (Å²) < 4.78 is 21.4. The number of nitrogens with one attached hydrogen (secondary N) is 2. The standard InChI is InChI=1S/C25H45N3O6/c1-18(2)20(16-21(26)22(29)17-28-25(30)27-10-6-11-31-3)14-19-8-9-23(33-5)24(15-19)34-13-7-12-32-4/h8-9,15,18,20-22,29H,6-7,10-14,16-17,26H2,1-5H3,(H2,27,28,30)/t20-,21-,22-/m0/s1. The number of hydrogen-bond donors (Lipinski definition) is 4. The maximum absolute atomic E-state index is 11.9. The molecule has 0 unspecified atom stereocenters. The van der Waals surface area contributed by atoms with E-state index < -0.39 is 12.1 Å². The van der Waals surface area contributed by atoms with Gasteiger partial charge in [0.1, 0.15) is 0 Å². The summed E-state index contributed by atoms with van der Waals surface area (Å²) in [7, 11) is 4.92. The molecule has 0 bridgehead atoms. The van der Waals surface area contributed by atoms with E-state index in [1.807, 2.05) is 18.2 Å². The van der Waals surface area contributed by atoms with E-state index in [0.717, 1.165) is 24.8 Å². The quantitative estimate of drug-likeness (QED) is 0.236. The van der Waals surface area contributed by atoms with Crippen molar-refractivity contribution in [3.8, 4) is 11.5 Å². The van der Waals surface area contributed by atoms with Gasteiger partial charge >= 0.3 is 6.03 Å². The van der Waals surface area contributed by atoms with Crippen LogP contribution in [0, 0.1) is 11.8 Å². The molecule has 0 heterocycles. The van der Waals surface area contributed by atoms with Gasteiger partial charge in [0.2, 0.25) is 0 Å². The number of amides is 2. The van der Waals surface area contributed by atoms with E-state index >= 15 is 0 Å². The first kappa shape index (κ1) is 30.0. The molecule has 0 radical (unpaired) electrons. The molecule has 0 fully saturated rings. The van der Waals surface area contributed by atoms with Crippen molar-refractivity contribution in [1.82, 2.24) is 10.6 Å². The Kier molecular flexibility index (Phi) is 15.3. The molecule has 9 nitrogen and oxygen atoms in total. The second-order valence-electron chi connectivity index (χ2n) is 8.84. The minimum absolute atomic E-state index is 0.101. The molecule has 1 aromatic carbocycles. The summed E-state index contributed by atoms with van der Waals surface area (Å²) in [5, 5.41) is 15.9. The van der Waals surface area contributed by atoms with Crippen LogP contribution in [-0.4, -0.2) is 77.5 Å². The van der Waals surface area contributed by atoms with E-state index in [2.05, 4.69) is 24.5 Å². The number of carbonyl (C=O) groups excluding carboxylic acids is 1. The first-order valence-electron chi connectivity index (χ1n) is 12.0. The first-order valence-corrected chi connectivity index (χ1v) is 12.0. The Labute approximate surface area is 204 Å². The maximum Gasteiger partial charge on any atom is 0.314 e. The Bertz CT molecular complexity index is 689. The summed E-state index contributed by atoms with van der Waals surface area (Å²) in [6, 6.07) is 5.19. The predicted molar refractivity (Wildman–Crippen MR) is 134 cm³/mol. The van der Waals surface area contributed by atoms with Crippen molar-refractivity contribution in [2.75, 3.05) is 54.2 Å².